The molecule has 0 aliphatic carbocycles. The van der Waals surface area contributed by atoms with E-state index in [0.717, 1.165) is 16.9 Å². The number of amides is 1. The maximum absolute atomic E-state index is 12.1. The summed E-state index contributed by atoms with van der Waals surface area (Å²) < 4.78 is 0. The van der Waals surface area contributed by atoms with Gasteiger partial charge >= 0.3 is 5.97 Å². The zero-order chi connectivity index (χ0) is 14.6. The van der Waals surface area contributed by atoms with Crippen molar-refractivity contribution in [2.24, 2.45) is 0 Å². The van der Waals surface area contributed by atoms with Crippen molar-refractivity contribution in [1.29, 1.82) is 0 Å². The van der Waals surface area contributed by atoms with Crippen LogP contribution in [0.4, 0.5) is 0 Å². The van der Waals surface area contributed by atoms with Gasteiger partial charge in [0.2, 0.25) is 11.6 Å². The van der Waals surface area contributed by atoms with Crippen molar-refractivity contribution in [1.82, 2.24) is 4.90 Å². The molecule has 2 rings (SSSR count). The fourth-order valence-corrected chi connectivity index (χ4v) is 2.58. The Morgan fingerprint density at radius 2 is 1.95 bits per heavy atom. The number of carbonyl (C=O) groups is 2. The standard InChI is InChI=1S/C15H19NO4/c17-13(9-4-8-12-6-2-1-3-7-12)16-11-5-10-15(16,20)14(18)19/h1-3,6-7,20H,4-5,8-11H2,(H,18,19)/t15-/m1/s1. The van der Waals surface area contributed by atoms with Gasteiger partial charge in [-0.1, -0.05) is 30.3 Å². The summed E-state index contributed by atoms with van der Waals surface area (Å²) in [5, 5.41) is 19.1. The highest BCUT2D eigenvalue weighted by Crippen LogP contribution is 2.28. The van der Waals surface area contributed by atoms with Crippen LogP contribution < -0.4 is 0 Å². The van der Waals surface area contributed by atoms with E-state index in [2.05, 4.69) is 0 Å². The predicted molar refractivity (Wildman–Crippen MR) is 72.9 cm³/mol. The molecular weight excluding hydrogens is 258 g/mol. The van der Waals surface area contributed by atoms with E-state index < -0.39 is 11.7 Å². The molecule has 1 aromatic rings. The number of carboxylic acid groups (broad SMARTS) is 1. The zero-order valence-electron chi connectivity index (χ0n) is 11.3. The van der Waals surface area contributed by atoms with Crippen molar-refractivity contribution in [2.75, 3.05) is 6.54 Å². The van der Waals surface area contributed by atoms with Crippen LogP contribution in [-0.2, 0) is 16.0 Å². The predicted octanol–water partition coefficient (Wildman–Crippen LogP) is 1.40. The summed E-state index contributed by atoms with van der Waals surface area (Å²) in [6.45, 7) is 0.312. The normalized spacial score (nSPS) is 21.9. The van der Waals surface area contributed by atoms with Gasteiger partial charge in [0.1, 0.15) is 0 Å². The van der Waals surface area contributed by atoms with E-state index in [1.165, 1.54) is 0 Å². The fraction of sp³-hybridized carbons (Fsp3) is 0.467. The first-order chi connectivity index (χ1) is 9.54. The summed E-state index contributed by atoms with van der Waals surface area (Å²) in [6.07, 6.45) is 2.30. The van der Waals surface area contributed by atoms with Crippen LogP contribution in [0.2, 0.25) is 0 Å². The van der Waals surface area contributed by atoms with Gasteiger partial charge in [-0.25, -0.2) is 4.79 Å². The van der Waals surface area contributed by atoms with Crippen LogP contribution in [-0.4, -0.2) is 39.3 Å². The molecule has 1 saturated heterocycles. The molecule has 0 saturated carbocycles. The SMILES string of the molecule is O=C(CCCc1ccccc1)N1CCC[C@@]1(O)C(=O)O. The molecule has 0 aromatic heterocycles. The molecule has 1 atom stereocenters. The Hall–Kier alpha value is -1.88. The van der Waals surface area contributed by atoms with Gasteiger partial charge in [-0.2, -0.15) is 0 Å². The number of aliphatic carboxylic acids is 1. The molecule has 0 bridgehead atoms. The molecule has 20 heavy (non-hydrogen) atoms. The van der Waals surface area contributed by atoms with E-state index in [0.29, 0.717) is 19.4 Å². The van der Waals surface area contributed by atoms with Crippen LogP contribution in [0, 0.1) is 0 Å². The van der Waals surface area contributed by atoms with E-state index in [9.17, 15) is 14.7 Å². The van der Waals surface area contributed by atoms with Gasteiger partial charge in [-0.15, -0.1) is 0 Å². The number of hydrogen-bond donors (Lipinski definition) is 2. The number of carbonyl (C=O) groups excluding carboxylic acids is 1. The van der Waals surface area contributed by atoms with Crippen LogP contribution in [0.15, 0.2) is 30.3 Å². The first-order valence-corrected chi connectivity index (χ1v) is 6.84. The maximum Gasteiger partial charge on any atom is 0.357 e. The summed E-state index contributed by atoms with van der Waals surface area (Å²) >= 11 is 0. The molecule has 0 unspecified atom stereocenters. The molecule has 108 valence electrons. The van der Waals surface area contributed by atoms with Crippen LogP contribution in [0.1, 0.15) is 31.2 Å². The van der Waals surface area contributed by atoms with E-state index in [1.807, 2.05) is 30.3 Å². The highest BCUT2D eigenvalue weighted by atomic mass is 16.4. The van der Waals surface area contributed by atoms with Crippen molar-refractivity contribution in [3.8, 4) is 0 Å². The average Bonchev–Trinajstić information content (AvgIpc) is 2.83. The monoisotopic (exact) mass is 277 g/mol. The van der Waals surface area contributed by atoms with Gasteiger partial charge in [0.05, 0.1) is 0 Å². The second kappa shape index (κ2) is 6.05. The molecule has 1 fully saturated rings. The average molecular weight is 277 g/mol. The largest absolute Gasteiger partial charge is 0.478 e. The Morgan fingerprint density at radius 3 is 2.60 bits per heavy atom. The molecular formula is C15H19NO4. The minimum absolute atomic E-state index is 0.104. The highest BCUT2D eigenvalue weighted by Gasteiger charge is 2.48. The van der Waals surface area contributed by atoms with Crippen LogP contribution in [0.25, 0.3) is 0 Å². The summed E-state index contributed by atoms with van der Waals surface area (Å²) in [4.78, 5) is 24.2. The summed E-state index contributed by atoms with van der Waals surface area (Å²) in [7, 11) is 0. The van der Waals surface area contributed by atoms with E-state index in [1.54, 1.807) is 0 Å². The lowest BCUT2D eigenvalue weighted by molar-refractivity contribution is -0.182. The van der Waals surface area contributed by atoms with Crippen molar-refractivity contribution < 1.29 is 19.8 Å². The number of nitrogens with zero attached hydrogens (tertiary/aromatic N) is 1. The minimum Gasteiger partial charge on any atom is -0.478 e. The maximum atomic E-state index is 12.1. The molecule has 1 aromatic carbocycles. The second-order valence-corrected chi connectivity index (χ2v) is 5.11. The molecule has 0 spiro atoms. The Balaban J connectivity index is 1.87. The molecule has 1 aliphatic heterocycles. The molecule has 5 nitrogen and oxygen atoms in total. The first kappa shape index (κ1) is 14.5. The summed E-state index contributed by atoms with van der Waals surface area (Å²) in [6, 6.07) is 9.81. The molecule has 0 radical (unpaired) electrons. The van der Waals surface area contributed by atoms with Gasteiger partial charge < -0.3 is 15.1 Å². The third kappa shape index (κ3) is 2.99. The quantitative estimate of drug-likeness (QED) is 0.853. The van der Waals surface area contributed by atoms with Crippen molar-refractivity contribution in [3.05, 3.63) is 35.9 Å². The van der Waals surface area contributed by atoms with Crippen molar-refractivity contribution >= 4 is 11.9 Å². The topological polar surface area (TPSA) is 77.8 Å². The Labute approximate surface area is 117 Å². The lowest BCUT2D eigenvalue weighted by atomic mass is 10.1. The molecule has 2 N–H and O–H groups in total. The fourth-order valence-electron chi connectivity index (χ4n) is 2.58. The summed E-state index contributed by atoms with van der Waals surface area (Å²) in [5.74, 6) is -1.63. The summed E-state index contributed by atoms with van der Waals surface area (Å²) in [5.41, 5.74) is -0.862. The number of carboxylic acids is 1. The number of aryl methyl sites for hydroxylation is 1. The molecule has 5 heteroatoms. The van der Waals surface area contributed by atoms with Crippen LogP contribution in [0.5, 0.6) is 0 Å². The number of hydrogen-bond acceptors (Lipinski definition) is 3. The smallest absolute Gasteiger partial charge is 0.357 e. The Bertz CT molecular complexity index is 488. The van der Waals surface area contributed by atoms with Crippen LogP contribution in [0.3, 0.4) is 0 Å². The third-order valence-electron chi connectivity index (χ3n) is 3.70. The molecule has 1 aliphatic rings. The van der Waals surface area contributed by atoms with Crippen molar-refractivity contribution in [3.63, 3.8) is 0 Å². The Kier molecular flexibility index (Phi) is 4.39. The first-order valence-electron chi connectivity index (χ1n) is 6.84. The zero-order valence-corrected chi connectivity index (χ0v) is 11.3. The van der Waals surface area contributed by atoms with Gasteiger partial charge in [-0.3, -0.25) is 4.79 Å². The van der Waals surface area contributed by atoms with Gasteiger partial charge in [0, 0.05) is 19.4 Å². The third-order valence-corrected chi connectivity index (χ3v) is 3.70. The van der Waals surface area contributed by atoms with E-state index >= 15 is 0 Å². The lowest BCUT2D eigenvalue weighted by Gasteiger charge is -2.29. The molecule has 1 amide bonds. The van der Waals surface area contributed by atoms with Gasteiger partial charge in [0.25, 0.3) is 0 Å². The lowest BCUT2D eigenvalue weighted by Crippen LogP contribution is -2.53. The number of aliphatic hydroxyl groups is 1. The molecule has 1 heterocycles. The van der Waals surface area contributed by atoms with E-state index in [4.69, 9.17) is 5.11 Å². The van der Waals surface area contributed by atoms with E-state index in [-0.39, 0.29) is 18.7 Å². The number of benzene rings is 1. The number of likely N-dealkylation sites (tertiary alicyclic amines) is 1. The van der Waals surface area contributed by atoms with Crippen LogP contribution >= 0.6 is 0 Å². The second-order valence-electron chi connectivity index (χ2n) is 5.11. The van der Waals surface area contributed by atoms with Crippen molar-refractivity contribution in [2.45, 2.75) is 37.8 Å². The number of rotatable bonds is 5. The van der Waals surface area contributed by atoms with Gasteiger partial charge in [0.15, 0.2) is 0 Å². The minimum atomic E-state index is -2.01. The van der Waals surface area contributed by atoms with Gasteiger partial charge in [-0.05, 0) is 24.8 Å². The Morgan fingerprint density at radius 1 is 1.25 bits per heavy atom. The highest BCUT2D eigenvalue weighted by molar-refractivity contribution is 5.86.